The summed E-state index contributed by atoms with van der Waals surface area (Å²) in [6.45, 7) is 0. The number of piperidine rings is 1. The van der Waals surface area contributed by atoms with Crippen LogP contribution < -0.4 is 5.32 Å². The van der Waals surface area contributed by atoms with E-state index in [-0.39, 0.29) is 5.91 Å². The average Bonchev–Trinajstić information content (AvgIpc) is 2.58. The highest BCUT2D eigenvalue weighted by Gasteiger charge is 2.49. The van der Waals surface area contributed by atoms with E-state index in [1.807, 2.05) is 30.3 Å². The largest absolute Gasteiger partial charge is 0.349 e. The Labute approximate surface area is 115 Å². The number of benzene rings is 1. The molecule has 2 heterocycles. The Morgan fingerprint density at radius 2 is 1.68 bits per heavy atom. The molecule has 1 aromatic carbocycles. The number of carbonyl (C=O) groups is 1. The minimum absolute atomic E-state index is 0.0807. The van der Waals surface area contributed by atoms with E-state index < -0.39 is 0 Å². The summed E-state index contributed by atoms with van der Waals surface area (Å²) >= 11 is 0. The Morgan fingerprint density at radius 3 is 2.26 bits per heavy atom. The Kier molecular flexibility index (Phi) is 3.09. The van der Waals surface area contributed by atoms with Crippen LogP contribution in [-0.2, 0) is 0 Å². The smallest absolute Gasteiger partial charge is 0.251 e. The van der Waals surface area contributed by atoms with Crippen LogP contribution in [0.1, 0.15) is 36.0 Å². The lowest BCUT2D eigenvalue weighted by atomic mass is 9.95. The average molecular weight is 259 g/mol. The van der Waals surface area contributed by atoms with Crippen LogP contribution in [0.3, 0.4) is 0 Å². The van der Waals surface area contributed by atoms with Crippen molar-refractivity contribution < 1.29 is 9.28 Å². The van der Waals surface area contributed by atoms with Crippen molar-refractivity contribution in [1.29, 1.82) is 0 Å². The lowest BCUT2D eigenvalue weighted by Crippen LogP contribution is -2.58. The van der Waals surface area contributed by atoms with E-state index in [4.69, 9.17) is 0 Å². The summed E-state index contributed by atoms with van der Waals surface area (Å²) in [5.41, 5.74) is 0.772. The first-order chi connectivity index (χ1) is 9.07. The van der Waals surface area contributed by atoms with E-state index in [1.54, 1.807) is 0 Å². The van der Waals surface area contributed by atoms with Crippen LogP contribution in [0.4, 0.5) is 0 Å². The summed E-state index contributed by atoms with van der Waals surface area (Å²) in [5.74, 6) is 0.0807. The van der Waals surface area contributed by atoms with Crippen LogP contribution in [0.2, 0.25) is 0 Å². The van der Waals surface area contributed by atoms with Crippen molar-refractivity contribution in [2.24, 2.45) is 0 Å². The number of carbonyl (C=O) groups excluding carboxylic acids is 1. The zero-order valence-electron chi connectivity index (χ0n) is 11.8. The number of nitrogens with one attached hydrogen (secondary N) is 1. The van der Waals surface area contributed by atoms with Gasteiger partial charge in [0.15, 0.2) is 0 Å². The first-order valence-corrected chi connectivity index (χ1v) is 7.26. The summed E-state index contributed by atoms with van der Waals surface area (Å²) in [4.78, 5) is 12.2. The Morgan fingerprint density at radius 1 is 1.11 bits per heavy atom. The second-order valence-corrected chi connectivity index (χ2v) is 6.52. The van der Waals surface area contributed by atoms with Gasteiger partial charge in [0.05, 0.1) is 26.2 Å². The quantitative estimate of drug-likeness (QED) is 0.810. The van der Waals surface area contributed by atoms with Gasteiger partial charge in [-0.3, -0.25) is 4.79 Å². The molecule has 0 saturated carbocycles. The van der Waals surface area contributed by atoms with Gasteiger partial charge in [-0.25, -0.2) is 0 Å². The molecule has 2 unspecified atom stereocenters. The van der Waals surface area contributed by atoms with Gasteiger partial charge < -0.3 is 9.80 Å². The minimum atomic E-state index is 0.0807. The normalized spacial score (nSPS) is 32.0. The van der Waals surface area contributed by atoms with Gasteiger partial charge in [0.25, 0.3) is 5.91 Å². The van der Waals surface area contributed by atoms with Crippen LogP contribution in [0.25, 0.3) is 0 Å². The van der Waals surface area contributed by atoms with Gasteiger partial charge in [0.1, 0.15) is 0 Å². The molecule has 0 spiro atoms. The summed E-state index contributed by atoms with van der Waals surface area (Å²) in [6.07, 6.45) is 4.88. The van der Waals surface area contributed by atoms with Gasteiger partial charge in [0, 0.05) is 37.3 Å². The van der Waals surface area contributed by atoms with Crippen molar-refractivity contribution in [2.75, 3.05) is 14.1 Å². The molecule has 0 aromatic heterocycles. The third-order valence-corrected chi connectivity index (χ3v) is 5.20. The molecule has 0 radical (unpaired) electrons. The third kappa shape index (κ3) is 2.27. The van der Waals surface area contributed by atoms with E-state index in [9.17, 15) is 4.79 Å². The van der Waals surface area contributed by atoms with Crippen LogP contribution >= 0.6 is 0 Å². The monoisotopic (exact) mass is 259 g/mol. The standard InChI is InChI=1S/C16H22N2O/c1-18(2)14-8-9-15(18)11-13(10-14)17-16(19)12-6-4-3-5-7-12/h3-7,13-15H,8-11H2,1-2H3/p+1. The molecule has 102 valence electrons. The molecule has 19 heavy (non-hydrogen) atoms. The zero-order valence-corrected chi connectivity index (χ0v) is 11.8. The maximum absolute atomic E-state index is 12.2. The number of hydrogen-bond acceptors (Lipinski definition) is 1. The maximum Gasteiger partial charge on any atom is 0.251 e. The number of hydrogen-bond donors (Lipinski definition) is 1. The van der Waals surface area contributed by atoms with Gasteiger partial charge in [-0.15, -0.1) is 0 Å². The lowest BCUT2D eigenvalue weighted by Gasteiger charge is -2.44. The number of fused-ring (bicyclic) bond motifs is 2. The van der Waals surface area contributed by atoms with E-state index >= 15 is 0 Å². The Hall–Kier alpha value is -1.35. The fourth-order valence-corrected chi connectivity index (χ4v) is 3.86. The minimum Gasteiger partial charge on any atom is -0.349 e. The van der Waals surface area contributed by atoms with Crippen LogP contribution in [0, 0.1) is 0 Å². The van der Waals surface area contributed by atoms with Crippen LogP contribution in [-0.4, -0.2) is 42.6 Å². The molecule has 1 amide bonds. The summed E-state index contributed by atoms with van der Waals surface area (Å²) < 4.78 is 1.15. The van der Waals surface area contributed by atoms with Crippen molar-refractivity contribution >= 4 is 5.91 Å². The first kappa shape index (κ1) is 12.7. The van der Waals surface area contributed by atoms with Gasteiger partial charge in [0.2, 0.25) is 0 Å². The Balaban J connectivity index is 1.65. The molecule has 3 heteroatoms. The highest BCUT2D eigenvalue weighted by Crippen LogP contribution is 2.39. The highest BCUT2D eigenvalue weighted by atomic mass is 16.1. The predicted molar refractivity (Wildman–Crippen MR) is 75.8 cm³/mol. The SMILES string of the molecule is C[N+]1(C)C2CCC1CC(NC(=O)c1ccccc1)C2. The fourth-order valence-electron chi connectivity index (χ4n) is 3.86. The molecule has 2 aliphatic rings. The molecular formula is C16H23N2O+. The van der Waals surface area contributed by atoms with Crippen molar-refractivity contribution in [1.82, 2.24) is 5.32 Å². The third-order valence-electron chi connectivity index (χ3n) is 5.20. The van der Waals surface area contributed by atoms with E-state index in [0.717, 1.165) is 35.0 Å². The van der Waals surface area contributed by atoms with Gasteiger partial charge >= 0.3 is 0 Å². The number of rotatable bonds is 2. The molecule has 2 saturated heterocycles. The molecule has 1 aromatic rings. The molecule has 3 nitrogen and oxygen atoms in total. The van der Waals surface area contributed by atoms with Gasteiger partial charge in [-0.2, -0.15) is 0 Å². The van der Waals surface area contributed by atoms with Crippen molar-refractivity contribution in [3.05, 3.63) is 35.9 Å². The van der Waals surface area contributed by atoms with Crippen LogP contribution in [0.15, 0.2) is 30.3 Å². The van der Waals surface area contributed by atoms with Crippen molar-refractivity contribution in [3.63, 3.8) is 0 Å². The predicted octanol–water partition coefficient (Wildman–Crippen LogP) is 2.19. The summed E-state index contributed by atoms with van der Waals surface area (Å²) in [7, 11) is 4.69. The van der Waals surface area contributed by atoms with Gasteiger partial charge in [-0.05, 0) is 12.1 Å². The zero-order chi connectivity index (χ0) is 13.5. The van der Waals surface area contributed by atoms with Crippen molar-refractivity contribution in [3.8, 4) is 0 Å². The molecule has 1 N–H and O–H groups in total. The molecule has 2 aliphatic heterocycles. The summed E-state index contributed by atoms with van der Waals surface area (Å²) in [6, 6.07) is 11.3. The van der Waals surface area contributed by atoms with Crippen LogP contribution in [0.5, 0.6) is 0 Å². The molecule has 0 aliphatic carbocycles. The topological polar surface area (TPSA) is 29.1 Å². The molecule has 3 rings (SSSR count). The molecular weight excluding hydrogens is 236 g/mol. The molecule has 2 fully saturated rings. The molecule has 2 atom stereocenters. The van der Waals surface area contributed by atoms with E-state index in [1.165, 1.54) is 12.8 Å². The number of amides is 1. The van der Waals surface area contributed by atoms with Gasteiger partial charge in [-0.1, -0.05) is 18.2 Å². The number of nitrogens with zero attached hydrogens (tertiary/aromatic N) is 1. The number of quaternary nitrogens is 1. The highest BCUT2D eigenvalue weighted by molar-refractivity contribution is 5.94. The second-order valence-electron chi connectivity index (χ2n) is 6.52. The first-order valence-electron chi connectivity index (χ1n) is 7.26. The fraction of sp³-hybridized carbons (Fsp3) is 0.562. The van der Waals surface area contributed by atoms with Crippen molar-refractivity contribution in [2.45, 2.75) is 43.8 Å². The summed E-state index contributed by atoms with van der Waals surface area (Å²) in [5, 5.41) is 3.22. The van der Waals surface area contributed by atoms with E-state index in [2.05, 4.69) is 19.4 Å². The molecule has 2 bridgehead atoms. The lowest BCUT2D eigenvalue weighted by molar-refractivity contribution is -0.930. The Bertz CT molecular complexity index is 453. The van der Waals surface area contributed by atoms with E-state index in [0.29, 0.717) is 6.04 Å². The maximum atomic E-state index is 12.2. The second kappa shape index (κ2) is 4.64.